The van der Waals surface area contributed by atoms with Crippen LogP contribution in [0.4, 0.5) is 0 Å². The Morgan fingerprint density at radius 1 is 1.30 bits per heavy atom. The van der Waals surface area contributed by atoms with Crippen molar-refractivity contribution < 1.29 is 9.64 Å². The fraction of sp³-hybridized carbons (Fsp3) is 0.462. The lowest BCUT2D eigenvalue weighted by Crippen LogP contribution is -3.05. The maximum absolute atomic E-state index is 5.52. The van der Waals surface area contributed by atoms with E-state index in [1.807, 2.05) is 21.4 Å². The molecule has 0 radical (unpaired) electrons. The van der Waals surface area contributed by atoms with Crippen LogP contribution in [0.25, 0.3) is 11.4 Å². The molecule has 0 aromatic carbocycles. The van der Waals surface area contributed by atoms with Gasteiger partial charge in [0.1, 0.15) is 0 Å². The smallest absolute Gasteiger partial charge is 0.203 e. The third kappa shape index (κ3) is 3.30. The molecule has 0 aliphatic heterocycles. The SMILES string of the molecule is COCCn1c(-c2ccncc2)nn(C[NH+](C)C)c1=S. The van der Waals surface area contributed by atoms with E-state index < -0.39 is 0 Å². The molecule has 2 aromatic heterocycles. The van der Waals surface area contributed by atoms with Crippen molar-refractivity contribution in [2.75, 3.05) is 27.8 Å². The number of hydrogen-bond donors (Lipinski definition) is 1. The molecule has 2 rings (SSSR count). The fourth-order valence-electron chi connectivity index (χ4n) is 1.94. The number of ether oxygens (including phenoxy) is 1. The van der Waals surface area contributed by atoms with Crippen LogP contribution < -0.4 is 4.90 Å². The summed E-state index contributed by atoms with van der Waals surface area (Å²) >= 11 is 5.52. The minimum absolute atomic E-state index is 0.604. The predicted octanol–water partition coefficient (Wildman–Crippen LogP) is 0.224. The minimum Gasteiger partial charge on any atom is -0.383 e. The van der Waals surface area contributed by atoms with Crippen molar-refractivity contribution in [1.82, 2.24) is 19.3 Å². The average Bonchev–Trinajstić information content (AvgIpc) is 2.74. The van der Waals surface area contributed by atoms with Crippen LogP contribution in [0.1, 0.15) is 0 Å². The van der Waals surface area contributed by atoms with E-state index >= 15 is 0 Å². The van der Waals surface area contributed by atoms with E-state index in [-0.39, 0.29) is 0 Å². The van der Waals surface area contributed by atoms with Crippen LogP contribution in [0.3, 0.4) is 0 Å². The molecule has 0 saturated carbocycles. The first-order valence-corrected chi connectivity index (χ1v) is 6.90. The van der Waals surface area contributed by atoms with Crippen molar-refractivity contribution in [3.05, 3.63) is 29.3 Å². The molecule has 0 saturated heterocycles. The van der Waals surface area contributed by atoms with E-state index in [4.69, 9.17) is 17.0 Å². The van der Waals surface area contributed by atoms with Crippen LogP contribution in [-0.2, 0) is 18.0 Å². The van der Waals surface area contributed by atoms with Crippen LogP contribution in [0, 0.1) is 4.77 Å². The van der Waals surface area contributed by atoms with Crippen LogP contribution in [0.5, 0.6) is 0 Å². The highest BCUT2D eigenvalue weighted by Gasteiger charge is 2.13. The first-order chi connectivity index (χ1) is 9.63. The normalized spacial score (nSPS) is 11.2. The summed E-state index contributed by atoms with van der Waals surface area (Å²) in [4.78, 5) is 5.30. The van der Waals surface area contributed by atoms with Gasteiger partial charge in [-0.1, -0.05) is 0 Å². The molecular weight excluding hydrogens is 274 g/mol. The summed E-state index contributed by atoms with van der Waals surface area (Å²) in [6.45, 7) is 2.03. The Labute approximate surface area is 123 Å². The summed E-state index contributed by atoms with van der Waals surface area (Å²) in [6.07, 6.45) is 3.52. The molecule has 7 heteroatoms. The zero-order valence-corrected chi connectivity index (χ0v) is 12.9. The number of nitrogens with zero attached hydrogens (tertiary/aromatic N) is 4. The molecule has 0 atom stereocenters. The van der Waals surface area contributed by atoms with Gasteiger partial charge in [-0.2, -0.15) is 4.68 Å². The van der Waals surface area contributed by atoms with Crippen molar-refractivity contribution >= 4 is 12.2 Å². The average molecular weight is 294 g/mol. The molecule has 108 valence electrons. The Balaban J connectivity index is 2.46. The summed E-state index contributed by atoms with van der Waals surface area (Å²) in [7, 11) is 5.83. The maximum atomic E-state index is 5.52. The lowest BCUT2D eigenvalue weighted by Gasteiger charge is -2.06. The topological polar surface area (TPSA) is 49.3 Å². The molecule has 0 unspecified atom stereocenters. The highest BCUT2D eigenvalue weighted by molar-refractivity contribution is 7.71. The van der Waals surface area contributed by atoms with Gasteiger partial charge in [-0.05, 0) is 24.4 Å². The van der Waals surface area contributed by atoms with Gasteiger partial charge in [0.15, 0.2) is 12.5 Å². The number of quaternary nitrogens is 1. The standard InChI is InChI=1S/C13H19N5OS/c1-16(2)10-18-13(20)17(8-9-19-3)12(15-18)11-4-6-14-7-5-11/h4-7H,8-10H2,1-3H3/p+1. The number of hydrogen-bond acceptors (Lipinski definition) is 4. The second-order valence-electron chi connectivity index (χ2n) is 4.85. The summed E-state index contributed by atoms with van der Waals surface area (Å²) in [5, 5.41) is 4.64. The first kappa shape index (κ1) is 14.8. The zero-order valence-electron chi connectivity index (χ0n) is 12.0. The molecule has 0 fully saturated rings. The molecule has 2 aromatic rings. The maximum Gasteiger partial charge on any atom is 0.203 e. The Bertz CT molecular complexity index is 605. The van der Waals surface area contributed by atoms with Gasteiger partial charge in [0, 0.05) is 25.1 Å². The number of aromatic nitrogens is 4. The Morgan fingerprint density at radius 2 is 2.00 bits per heavy atom. The fourth-order valence-corrected chi connectivity index (χ4v) is 2.23. The van der Waals surface area contributed by atoms with Crippen molar-refractivity contribution in [2.45, 2.75) is 13.2 Å². The third-order valence-electron chi connectivity index (χ3n) is 2.85. The van der Waals surface area contributed by atoms with E-state index in [9.17, 15) is 0 Å². The number of pyridine rings is 1. The molecule has 0 spiro atoms. The van der Waals surface area contributed by atoms with Crippen molar-refractivity contribution in [1.29, 1.82) is 0 Å². The van der Waals surface area contributed by atoms with Crippen LogP contribution >= 0.6 is 12.2 Å². The molecule has 0 aliphatic carbocycles. The highest BCUT2D eigenvalue weighted by Crippen LogP contribution is 2.17. The molecule has 20 heavy (non-hydrogen) atoms. The molecule has 0 bridgehead atoms. The first-order valence-electron chi connectivity index (χ1n) is 6.49. The van der Waals surface area contributed by atoms with Gasteiger partial charge < -0.3 is 9.64 Å². The number of methoxy groups -OCH3 is 1. The van der Waals surface area contributed by atoms with Crippen LogP contribution in [0.2, 0.25) is 0 Å². The van der Waals surface area contributed by atoms with Gasteiger partial charge in [0.25, 0.3) is 0 Å². The van der Waals surface area contributed by atoms with Gasteiger partial charge in [-0.3, -0.25) is 9.55 Å². The Morgan fingerprint density at radius 3 is 2.60 bits per heavy atom. The number of rotatable bonds is 6. The van der Waals surface area contributed by atoms with E-state index in [0.29, 0.717) is 13.2 Å². The van der Waals surface area contributed by atoms with Crippen LogP contribution in [0.15, 0.2) is 24.5 Å². The second kappa shape index (κ2) is 6.74. The zero-order chi connectivity index (χ0) is 14.5. The minimum atomic E-state index is 0.604. The molecule has 0 aliphatic rings. The van der Waals surface area contributed by atoms with E-state index in [1.165, 1.54) is 4.90 Å². The van der Waals surface area contributed by atoms with E-state index in [0.717, 1.165) is 22.8 Å². The monoisotopic (exact) mass is 294 g/mol. The van der Waals surface area contributed by atoms with Gasteiger partial charge in [0.05, 0.1) is 27.2 Å². The predicted molar refractivity (Wildman–Crippen MR) is 79.0 cm³/mol. The lowest BCUT2D eigenvalue weighted by molar-refractivity contribution is -0.883. The highest BCUT2D eigenvalue weighted by atomic mass is 32.1. The van der Waals surface area contributed by atoms with Crippen molar-refractivity contribution in [3.63, 3.8) is 0 Å². The van der Waals surface area contributed by atoms with Crippen molar-refractivity contribution in [3.8, 4) is 11.4 Å². The Kier molecular flexibility index (Phi) is 4.99. The molecule has 2 heterocycles. The van der Waals surface area contributed by atoms with E-state index in [2.05, 4.69) is 24.2 Å². The van der Waals surface area contributed by atoms with Gasteiger partial charge in [-0.25, -0.2) is 0 Å². The van der Waals surface area contributed by atoms with E-state index in [1.54, 1.807) is 19.5 Å². The molecule has 6 nitrogen and oxygen atoms in total. The largest absolute Gasteiger partial charge is 0.383 e. The Hall–Kier alpha value is -1.57. The van der Waals surface area contributed by atoms with Gasteiger partial charge in [0.2, 0.25) is 4.77 Å². The van der Waals surface area contributed by atoms with Crippen molar-refractivity contribution in [2.24, 2.45) is 0 Å². The molecule has 1 N–H and O–H groups in total. The summed E-state index contributed by atoms with van der Waals surface area (Å²) in [5.41, 5.74) is 1.01. The lowest BCUT2D eigenvalue weighted by atomic mass is 10.2. The summed E-state index contributed by atoms with van der Waals surface area (Å²) in [6, 6.07) is 3.88. The summed E-state index contributed by atoms with van der Waals surface area (Å²) in [5.74, 6) is 0.857. The van der Waals surface area contributed by atoms with Crippen LogP contribution in [-0.4, -0.2) is 47.1 Å². The number of nitrogens with one attached hydrogen (secondary N) is 1. The third-order valence-corrected chi connectivity index (χ3v) is 3.28. The molecule has 0 amide bonds. The quantitative estimate of drug-likeness (QED) is 0.775. The summed E-state index contributed by atoms with van der Waals surface area (Å²) < 4.78 is 9.75. The van der Waals surface area contributed by atoms with Gasteiger partial charge in [-0.15, -0.1) is 5.10 Å². The van der Waals surface area contributed by atoms with Gasteiger partial charge >= 0.3 is 0 Å². The second-order valence-corrected chi connectivity index (χ2v) is 5.22. The molecular formula is C13H20N5OS+.